The Morgan fingerprint density at radius 3 is 2.44 bits per heavy atom. The Hall–Kier alpha value is -2.62. The summed E-state index contributed by atoms with van der Waals surface area (Å²) in [7, 11) is 4.96. The lowest BCUT2D eigenvalue weighted by atomic mass is 9.91. The van der Waals surface area contributed by atoms with Crippen LogP contribution >= 0.6 is 0 Å². The maximum Gasteiger partial charge on any atom is 0.161 e. The lowest BCUT2D eigenvalue weighted by Gasteiger charge is -2.18. The van der Waals surface area contributed by atoms with Gasteiger partial charge >= 0.3 is 0 Å². The molecule has 3 rings (SSSR count). The highest BCUT2D eigenvalue weighted by molar-refractivity contribution is 5.54. The van der Waals surface area contributed by atoms with E-state index in [4.69, 9.17) is 18.9 Å². The van der Waals surface area contributed by atoms with Gasteiger partial charge in [0.05, 0.1) is 21.3 Å². The number of benzene rings is 2. The van der Waals surface area contributed by atoms with Crippen LogP contribution in [-0.4, -0.2) is 21.3 Å². The highest BCUT2D eigenvalue weighted by Crippen LogP contribution is 2.50. The SMILES string of the molecule is C=CCc1cc(OC)cc2c1O[C@H](c1ccc(OC)c(OC)c1)[C@H]2C. The van der Waals surface area contributed by atoms with E-state index in [0.29, 0.717) is 11.5 Å². The molecule has 1 heterocycles. The average molecular weight is 340 g/mol. The molecular weight excluding hydrogens is 316 g/mol. The van der Waals surface area contributed by atoms with Gasteiger partial charge in [-0.1, -0.05) is 19.1 Å². The molecule has 0 saturated carbocycles. The molecule has 0 radical (unpaired) electrons. The van der Waals surface area contributed by atoms with Gasteiger partial charge in [0, 0.05) is 17.0 Å². The Balaban J connectivity index is 2.01. The zero-order chi connectivity index (χ0) is 18.0. The van der Waals surface area contributed by atoms with E-state index in [1.165, 1.54) is 0 Å². The monoisotopic (exact) mass is 340 g/mol. The van der Waals surface area contributed by atoms with E-state index in [1.807, 2.05) is 30.3 Å². The second-order valence-electron chi connectivity index (χ2n) is 6.14. The van der Waals surface area contributed by atoms with Gasteiger partial charge in [-0.3, -0.25) is 0 Å². The maximum atomic E-state index is 6.36. The molecule has 1 aliphatic heterocycles. The smallest absolute Gasteiger partial charge is 0.161 e. The Morgan fingerprint density at radius 1 is 1.04 bits per heavy atom. The van der Waals surface area contributed by atoms with Gasteiger partial charge in [0.2, 0.25) is 0 Å². The van der Waals surface area contributed by atoms with Gasteiger partial charge in [0.1, 0.15) is 17.6 Å². The van der Waals surface area contributed by atoms with Crippen LogP contribution in [0.15, 0.2) is 43.0 Å². The second-order valence-corrected chi connectivity index (χ2v) is 6.14. The van der Waals surface area contributed by atoms with E-state index >= 15 is 0 Å². The fourth-order valence-electron chi connectivity index (χ4n) is 3.37. The third-order valence-electron chi connectivity index (χ3n) is 4.69. The Labute approximate surface area is 149 Å². The molecule has 4 nitrogen and oxygen atoms in total. The van der Waals surface area contributed by atoms with E-state index in [-0.39, 0.29) is 12.0 Å². The number of fused-ring (bicyclic) bond motifs is 1. The lowest BCUT2D eigenvalue weighted by molar-refractivity contribution is 0.213. The summed E-state index contributed by atoms with van der Waals surface area (Å²) in [6.07, 6.45) is 2.54. The Morgan fingerprint density at radius 2 is 1.80 bits per heavy atom. The van der Waals surface area contributed by atoms with Crippen molar-refractivity contribution in [3.05, 3.63) is 59.7 Å². The van der Waals surface area contributed by atoms with Gasteiger partial charge in [-0.25, -0.2) is 0 Å². The van der Waals surface area contributed by atoms with Gasteiger partial charge in [0.15, 0.2) is 11.5 Å². The number of hydrogen-bond acceptors (Lipinski definition) is 4. The van der Waals surface area contributed by atoms with Crippen molar-refractivity contribution in [1.82, 2.24) is 0 Å². The molecule has 2 aromatic rings. The molecule has 0 aliphatic carbocycles. The highest BCUT2D eigenvalue weighted by Gasteiger charge is 2.34. The molecule has 2 atom stereocenters. The minimum Gasteiger partial charge on any atom is -0.497 e. The lowest BCUT2D eigenvalue weighted by Crippen LogP contribution is -2.08. The normalized spacial score (nSPS) is 18.2. The van der Waals surface area contributed by atoms with Crippen LogP contribution in [0.2, 0.25) is 0 Å². The molecule has 2 aromatic carbocycles. The third-order valence-corrected chi connectivity index (χ3v) is 4.69. The van der Waals surface area contributed by atoms with Crippen LogP contribution in [0.5, 0.6) is 23.0 Å². The van der Waals surface area contributed by atoms with Crippen molar-refractivity contribution in [3.63, 3.8) is 0 Å². The molecule has 0 fully saturated rings. The molecule has 0 bridgehead atoms. The predicted octanol–water partition coefficient (Wildman–Crippen LogP) is 4.68. The van der Waals surface area contributed by atoms with Crippen LogP contribution in [0, 0.1) is 0 Å². The summed E-state index contributed by atoms with van der Waals surface area (Å²) >= 11 is 0. The molecule has 4 heteroatoms. The number of rotatable bonds is 6. The summed E-state index contributed by atoms with van der Waals surface area (Å²) in [6, 6.07) is 10.0. The van der Waals surface area contributed by atoms with E-state index in [0.717, 1.165) is 34.6 Å². The third kappa shape index (κ3) is 3.04. The van der Waals surface area contributed by atoms with Gasteiger partial charge in [-0.2, -0.15) is 0 Å². The van der Waals surface area contributed by atoms with Crippen molar-refractivity contribution in [2.75, 3.05) is 21.3 Å². The fourth-order valence-corrected chi connectivity index (χ4v) is 3.37. The summed E-state index contributed by atoms with van der Waals surface area (Å²) in [4.78, 5) is 0. The number of ether oxygens (including phenoxy) is 4. The molecule has 1 aliphatic rings. The van der Waals surface area contributed by atoms with E-state index in [2.05, 4.69) is 19.6 Å². The van der Waals surface area contributed by atoms with Crippen LogP contribution in [0.3, 0.4) is 0 Å². The van der Waals surface area contributed by atoms with Gasteiger partial charge in [0.25, 0.3) is 0 Å². The van der Waals surface area contributed by atoms with Crippen LogP contribution in [0.25, 0.3) is 0 Å². The molecule has 0 amide bonds. The summed E-state index contributed by atoms with van der Waals surface area (Å²) in [5.74, 6) is 3.40. The number of allylic oxidation sites excluding steroid dienone is 1. The zero-order valence-corrected chi connectivity index (χ0v) is 15.2. The largest absolute Gasteiger partial charge is 0.497 e. The first-order valence-electron chi connectivity index (χ1n) is 8.33. The van der Waals surface area contributed by atoms with E-state index in [1.54, 1.807) is 21.3 Å². The van der Waals surface area contributed by atoms with Crippen molar-refractivity contribution in [1.29, 1.82) is 0 Å². The highest BCUT2D eigenvalue weighted by atomic mass is 16.5. The topological polar surface area (TPSA) is 36.9 Å². The molecule has 25 heavy (non-hydrogen) atoms. The summed E-state index contributed by atoms with van der Waals surface area (Å²) < 4.78 is 22.6. The first kappa shape index (κ1) is 17.2. The van der Waals surface area contributed by atoms with Crippen molar-refractivity contribution in [2.24, 2.45) is 0 Å². The van der Waals surface area contributed by atoms with Crippen molar-refractivity contribution < 1.29 is 18.9 Å². The first-order valence-corrected chi connectivity index (χ1v) is 8.33. The van der Waals surface area contributed by atoms with E-state index < -0.39 is 0 Å². The van der Waals surface area contributed by atoms with Gasteiger partial charge in [-0.15, -0.1) is 6.58 Å². The standard InChI is InChI=1S/C21H24O4/c1-6-7-14-10-16(22-3)12-17-13(2)20(25-21(14)17)15-8-9-18(23-4)19(11-15)24-5/h6,8-13,20H,1,7H2,2-5H3/t13-,20-/m0/s1. The summed E-state index contributed by atoms with van der Waals surface area (Å²) in [5.41, 5.74) is 3.32. The van der Waals surface area contributed by atoms with Crippen molar-refractivity contribution >= 4 is 0 Å². The minimum absolute atomic E-state index is 0.0783. The summed E-state index contributed by atoms with van der Waals surface area (Å²) in [6.45, 7) is 6.02. The molecule has 0 N–H and O–H groups in total. The molecule has 0 unspecified atom stereocenters. The molecular formula is C21H24O4. The minimum atomic E-state index is -0.0783. The second kappa shape index (κ2) is 7.09. The predicted molar refractivity (Wildman–Crippen MR) is 98.2 cm³/mol. The quantitative estimate of drug-likeness (QED) is 0.716. The average Bonchev–Trinajstić information content (AvgIpc) is 2.98. The van der Waals surface area contributed by atoms with Crippen LogP contribution in [0.4, 0.5) is 0 Å². The Kier molecular flexibility index (Phi) is 4.88. The molecule has 0 aromatic heterocycles. The van der Waals surface area contributed by atoms with Gasteiger partial charge in [-0.05, 0) is 36.2 Å². The fraction of sp³-hybridized carbons (Fsp3) is 0.333. The molecule has 0 spiro atoms. The first-order chi connectivity index (χ1) is 12.1. The number of hydrogen-bond donors (Lipinski definition) is 0. The molecule has 132 valence electrons. The van der Waals surface area contributed by atoms with Gasteiger partial charge < -0.3 is 18.9 Å². The van der Waals surface area contributed by atoms with Crippen LogP contribution in [0.1, 0.15) is 35.6 Å². The Bertz CT molecular complexity index is 782. The van der Waals surface area contributed by atoms with Crippen molar-refractivity contribution in [3.8, 4) is 23.0 Å². The maximum absolute atomic E-state index is 6.36. The number of methoxy groups -OCH3 is 3. The van der Waals surface area contributed by atoms with Crippen molar-refractivity contribution in [2.45, 2.75) is 25.4 Å². The van der Waals surface area contributed by atoms with Crippen LogP contribution < -0.4 is 18.9 Å². The summed E-state index contributed by atoms with van der Waals surface area (Å²) in [5, 5.41) is 0. The molecule has 0 saturated heterocycles. The zero-order valence-electron chi connectivity index (χ0n) is 15.2. The van der Waals surface area contributed by atoms with Crippen LogP contribution in [-0.2, 0) is 6.42 Å². The van der Waals surface area contributed by atoms with E-state index in [9.17, 15) is 0 Å².